The first-order valence-electron chi connectivity index (χ1n) is 10.3. The molecule has 0 radical (unpaired) electrons. The van der Waals surface area contributed by atoms with Crippen LogP contribution in [-0.2, 0) is 20.9 Å². The van der Waals surface area contributed by atoms with Gasteiger partial charge in [-0.25, -0.2) is 0 Å². The Labute approximate surface area is 175 Å². The van der Waals surface area contributed by atoms with Crippen LogP contribution in [0.15, 0.2) is 53.3 Å². The smallest absolute Gasteiger partial charge is 0.234 e. The van der Waals surface area contributed by atoms with Crippen LogP contribution in [0.1, 0.15) is 31.0 Å². The van der Waals surface area contributed by atoms with E-state index in [1.54, 1.807) is 22.9 Å². The minimum absolute atomic E-state index is 0.0488. The molecule has 1 aromatic heterocycles. The van der Waals surface area contributed by atoms with Crippen molar-refractivity contribution in [2.45, 2.75) is 38.0 Å². The van der Waals surface area contributed by atoms with E-state index in [-0.39, 0.29) is 17.9 Å². The Kier molecular flexibility index (Phi) is 4.32. The number of aromatic nitrogens is 1. The molecule has 0 N–H and O–H groups in total. The molecule has 4 atom stereocenters. The van der Waals surface area contributed by atoms with Gasteiger partial charge in [0.05, 0.1) is 31.0 Å². The van der Waals surface area contributed by atoms with Gasteiger partial charge in [-0.2, -0.15) is 0 Å². The van der Waals surface area contributed by atoms with Gasteiger partial charge in [-0.1, -0.05) is 43.3 Å². The van der Waals surface area contributed by atoms with Crippen LogP contribution in [0.2, 0.25) is 0 Å². The summed E-state index contributed by atoms with van der Waals surface area (Å²) in [6, 6.07) is 9.80. The molecule has 3 aliphatic heterocycles. The molecule has 0 aliphatic carbocycles. The van der Waals surface area contributed by atoms with Crippen molar-refractivity contribution in [1.82, 2.24) is 10.1 Å². The second-order valence-electron chi connectivity index (χ2n) is 8.76. The number of carbonyl (C=O) groups excluding carboxylic acids is 2. The summed E-state index contributed by atoms with van der Waals surface area (Å²) in [5.41, 5.74) is 2.01. The Balaban J connectivity index is 1.40. The number of hydrogen-bond acceptors (Lipinski definition) is 5. The first-order chi connectivity index (χ1) is 14.4. The number of benzene rings is 1. The molecular weight excluding hydrogens is 382 g/mol. The summed E-state index contributed by atoms with van der Waals surface area (Å²) in [5.74, 6) is -0.767. The maximum absolute atomic E-state index is 13.5. The van der Waals surface area contributed by atoms with Gasteiger partial charge >= 0.3 is 0 Å². The van der Waals surface area contributed by atoms with Crippen molar-refractivity contribution in [3.63, 3.8) is 0 Å². The SMILES string of the molecule is CC(C)c1ccc(N2C[C@]34C=C[C@H](O3)[C@@H](C(=O)N(C)Cc3ccon3)[C@@H]4C2=O)cc1. The molecule has 2 aromatic rings. The number of nitrogens with zero attached hydrogens (tertiary/aromatic N) is 3. The molecule has 7 heteroatoms. The van der Waals surface area contributed by atoms with Crippen molar-refractivity contribution >= 4 is 17.5 Å². The fourth-order valence-electron chi connectivity index (χ4n) is 4.93. The number of hydrogen-bond donors (Lipinski definition) is 0. The largest absolute Gasteiger partial charge is 0.364 e. The van der Waals surface area contributed by atoms with E-state index in [0.717, 1.165) is 5.69 Å². The first kappa shape index (κ1) is 19.1. The molecule has 2 amide bonds. The second-order valence-corrected chi connectivity index (χ2v) is 8.76. The number of rotatable bonds is 5. The normalized spacial score (nSPS) is 29.1. The summed E-state index contributed by atoms with van der Waals surface area (Å²) in [6.07, 6.45) is 5.03. The predicted molar refractivity (Wildman–Crippen MR) is 110 cm³/mol. The minimum Gasteiger partial charge on any atom is -0.364 e. The summed E-state index contributed by atoms with van der Waals surface area (Å²) in [4.78, 5) is 30.1. The van der Waals surface area contributed by atoms with Crippen LogP contribution in [0, 0.1) is 11.8 Å². The van der Waals surface area contributed by atoms with E-state index >= 15 is 0 Å². The van der Waals surface area contributed by atoms with E-state index in [1.165, 1.54) is 11.8 Å². The zero-order chi connectivity index (χ0) is 21.0. The van der Waals surface area contributed by atoms with Gasteiger partial charge in [-0.15, -0.1) is 0 Å². The first-order valence-corrected chi connectivity index (χ1v) is 10.3. The number of amides is 2. The topological polar surface area (TPSA) is 75.9 Å². The lowest BCUT2D eigenvalue weighted by atomic mass is 9.76. The highest BCUT2D eigenvalue weighted by molar-refractivity contribution is 6.03. The maximum Gasteiger partial charge on any atom is 0.234 e. The Bertz CT molecular complexity index is 998. The van der Waals surface area contributed by atoms with E-state index in [9.17, 15) is 9.59 Å². The summed E-state index contributed by atoms with van der Waals surface area (Å²) >= 11 is 0. The fourth-order valence-corrected chi connectivity index (χ4v) is 4.93. The molecule has 2 bridgehead atoms. The molecule has 2 fully saturated rings. The van der Waals surface area contributed by atoms with Crippen LogP contribution >= 0.6 is 0 Å². The van der Waals surface area contributed by atoms with Crippen LogP contribution in [0.3, 0.4) is 0 Å². The molecular formula is C23H25N3O4. The Hall–Kier alpha value is -2.93. The average molecular weight is 407 g/mol. The standard InChI is InChI=1S/C23H25N3O4/c1-14(2)15-4-6-17(7-5-15)26-13-23-10-8-18(30-23)19(20(23)22(26)28)21(27)25(3)12-16-9-11-29-24-16/h4-11,14,18-20H,12-13H2,1-3H3/t18-,19+,20+,23-/m0/s1. The lowest BCUT2D eigenvalue weighted by molar-refractivity contribution is -0.139. The van der Waals surface area contributed by atoms with Gasteiger partial charge in [-0.05, 0) is 23.6 Å². The molecule has 2 saturated heterocycles. The predicted octanol–water partition coefficient (Wildman–Crippen LogP) is 2.74. The van der Waals surface area contributed by atoms with Crippen molar-refractivity contribution in [2.24, 2.45) is 11.8 Å². The van der Waals surface area contributed by atoms with Crippen LogP contribution in [-0.4, -0.2) is 47.2 Å². The van der Waals surface area contributed by atoms with Crippen molar-refractivity contribution in [2.75, 3.05) is 18.5 Å². The van der Waals surface area contributed by atoms with Crippen molar-refractivity contribution < 1.29 is 18.8 Å². The highest BCUT2D eigenvalue weighted by Crippen LogP contribution is 2.53. The molecule has 4 heterocycles. The molecule has 0 unspecified atom stereocenters. The number of carbonyl (C=O) groups is 2. The molecule has 5 rings (SSSR count). The van der Waals surface area contributed by atoms with Crippen LogP contribution < -0.4 is 4.90 Å². The number of fused-ring (bicyclic) bond motifs is 1. The molecule has 3 aliphatic rings. The van der Waals surface area contributed by atoms with Crippen LogP contribution in [0.4, 0.5) is 5.69 Å². The summed E-state index contributed by atoms with van der Waals surface area (Å²) in [7, 11) is 1.72. The second kappa shape index (κ2) is 6.80. The summed E-state index contributed by atoms with van der Waals surface area (Å²) in [5, 5.41) is 3.88. The molecule has 0 saturated carbocycles. The van der Waals surface area contributed by atoms with Gasteiger partial charge < -0.3 is 19.1 Å². The minimum atomic E-state index is -0.729. The average Bonchev–Trinajstić information content (AvgIpc) is 3.50. The van der Waals surface area contributed by atoms with Gasteiger partial charge in [0.25, 0.3) is 0 Å². The molecule has 30 heavy (non-hydrogen) atoms. The summed E-state index contributed by atoms with van der Waals surface area (Å²) in [6.45, 7) is 5.04. The van der Waals surface area contributed by atoms with Gasteiger partial charge in [-0.3, -0.25) is 9.59 Å². The number of anilines is 1. The molecule has 156 valence electrons. The van der Waals surface area contributed by atoms with Gasteiger partial charge in [0, 0.05) is 18.8 Å². The third-order valence-corrected chi connectivity index (χ3v) is 6.52. The van der Waals surface area contributed by atoms with E-state index < -0.39 is 17.4 Å². The highest BCUT2D eigenvalue weighted by atomic mass is 16.5. The quantitative estimate of drug-likeness (QED) is 0.713. The lowest BCUT2D eigenvalue weighted by Gasteiger charge is -2.27. The van der Waals surface area contributed by atoms with E-state index in [1.807, 2.05) is 24.3 Å². The lowest BCUT2D eigenvalue weighted by Crippen LogP contribution is -2.44. The zero-order valence-electron chi connectivity index (χ0n) is 17.3. The summed E-state index contributed by atoms with van der Waals surface area (Å²) < 4.78 is 11.1. The Morgan fingerprint density at radius 1 is 1.30 bits per heavy atom. The highest BCUT2D eigenvalue weighted by Gasteiger charge is 2.67. The van der Waals surface area contributed by atoms with Crippen molar-refractivity contribution in [1.29, 1.82) is 0 Å². The van der Waals surface area contributed by atoms with Gasteiger partial charge in [0.1, 0.15) is 17.6 Å². The molecule has 7 nitrogen and oxygen atoms in total. The fraction of sp³-hybridized carbons (Fsp3) is 0.435. The Morgan fingerprint density at radius 3 is 2.73 bits per heavy atom. The van der Waals surface area contributed by atoms with Crippen LogP contribution in [0.5, 0.6) is 0 Å². The van der Waals surface area contributed by atoms with E-state index in [0.29, 0.717) is 24.7 Å². The number of ether oxygens (including phenoxy) is 1. The van der Waals surface area contributed by atoms with Gasteiger partial charge in [0.2, 0.25) is 11.8 Å². The van der Waals surface area contributed by atoms with Crippen molar-refractivity contribution in [3.8, 4) is 0 Å². The maximum atomic E-state index is 13.5. The third kappa shape index (κ3) is 2.80. The molecule has 1 aromatic carbocycles. The van der Waals surface area contributed by atoms with Gasteiger partial charge in [0.15, 0.2) is 0 Å². The monoisotopic (exact) mass is 407 g/mol. The van der Waals surface area contributed by atoms with Crippen molar-refractivity contribution in [3.05, 3.63) is 60.0 Å². The van der Waals surface area contributed by atoms with Crippen LogP contribution in [0.25, 0.3) is 0 Å². The third-order valence-electron chi connectivity index (χ3n) is 6.52. The van der Waals surface area contributed by atoms with E-state index in [4.69, 9.17) is 9.26 Å². The Morgan fingerprint density at radius 2 is 2.07 bits per heavy atom. The molecule has 1 spiro atoms. The van der Waals surface area contributed by atoms with E-state index in [2.05, 4.69) is 31.1 Å². The zero-order valence-corrected chi connectivity index (χ0v) is 17.3.